The average molecular weight is 281 g/mol. The number of methoxy groups -OCH3 is 1. The van der Waals surface area contributed by atoms with Gasteiger partial charge in [-0.3, -0.25) is 0 Å². The van der Waals surface area contributed by atoms with Crippen LogP contribution in [0.25, 0.3) is 0 Å². The molecule has 16 heavy (non-hydrogen) atoms. The number of nitrogens with one attached hydrogen (secondary N) is 1. The van der Waals surface area contributed by atoms with Crippen LogP contribution >= 0.6 is 15.9 Å². The summed E-state index contributed by atoms with van der Waals surface area (Å²) in [6.07, 6.45) is 3.61. The summed E-state index contributed by atoms with van der Waals surface area (Å²) in [7, 11) is 1.69. The Morgan fingerprint density at radius 3 is 2.94 bits per heavy atom. The number of ether oxygens (including phenoxy) is 1. The van der Waals surface area contributed by atoms with Gasteiger partial charge in [-0.2, -0.15) is 0 Å². The fraction of sp³-hybridized carbons (Fsp3) is 0.250. The molecule has 0 amide bonds. The van der Waals surface area contributed by atoms with Crippen LogP contribution in [0.5, 0.6) is 5.75 Å². The van der Waals surface area contributed by atoms with Crippen molar-refractivity contribution < 1.29 is 4.74 Å². The number of nitrogens with zero attached hydrogens (tertiary/aromatic N) is 1. The lowest BCUT2D eigenvalue weighted by atomic mass is 10.1. The molecule has 1 aromatic heterocycles. The van der Waals surface area contributed by atoms with E-state index < -0.39 is 0 Å². The molecule has 0 atom stereocenters. The molecule has 1 aromatic carbocycles. The molecule has 1 N–H and O–H groups in total. The highest BCUT2D eigenvalue weighted by Crippen LogP contribution is 2.16. The smallest absolute Gasteiger partial charge is 0.127 e. The van der Waals surface area contributed by atoms with E-state index in [4.69, 9.17) is 4.74 Å². The molecule has 0 saturated heterocycles. The Labute approximate surface area is 103 Å². The van der Waals surface area contributed by atoms with Crippen molar-refractivity contribution in [1.82, 2.24) is 9.97 Å². The summed E-state index contributed by atoms with van der Waals surface area (Å²) in [5, 5.41) is 0. The Morgan fingerprint density at radius 2 is 2.25 bits per heavy atom. The van der Waals surface area contributed by atoms with Crippen LogP contribution in [-0.2, 0) is 12.8 Å². The number of aromatic amines is 1. The molecule has 0 aliphatic heterocycles. The molecular weight excluding hydrogens is 268 g/mol. The second kappa shape index (κ2) is 5.16. The number of H-pyrrole nitrogens is 1. The normalized spacial score (nSPS) is 10.4. The highest BCUT2D eigenvalue weighted by atomic mass is 79.9. The van der Waals surface area contributed by atoms with E-state index in [0.29, 0.717) is 0 Å². The fourth-order valence-electron chi connectivity index (χ4n) is 1.58. The Bertz CT molecular complexity index is 468. The van der Waals surface area contributed by atoms with Gasteiger partial charge in [-0.15, -0.1) is 0 Å². The topological polar surface area (TPSA) is 37.9 Å². The Kier molecular flexibility index (Phi) is 3.62. The molecule has 1 heterocycles. The predicted molar refractivity (Wildman–Crippen MR) is 66.7 cm³/mol. The molecule has 4 heteroatoms. The van der Waals surface area contributed by atoms with Crippen LogP contribution in [0.4, 0.5) is 0 Å². The van der Waals surface area contributed by atoms with Crippen molar-refractivity contribution in [2.45, 2.75) is 12.8 Å². The monoisotopic (exact) mass is 280 g/mol. The summed E-state index contributed by atoms with van der Waals surface area (Å²) < 4.78 is 6.08. The molecule has 84 valence electrons. The van der Waals surface area contributed by atoms with E-state index in [2.05, 4.69) is 38.0 Å². The summed E-state index contributed by atoms with van der Waals surface area (Å²) >= 11 is 3.40. The van der Waals surface area contributed by atoms with Gasteiger partial charge in [-0.25, -0.2) is 4.98 Å². The largest absolute Gasteiger partial charge is 0.497 e. The summed E-state index contributed by atoms with van der Waals surface area (Å²) in [5.41, 5.74) is 2.39. The van der Waals surface area contributed by atoms with Gasteiger partial charge in [0.25, 0.3) is 0 Å². The van der Waals surface area contributed by atoms with E-state index in [-0.39, 0.29) is 0 Å². The highest BCUT2D eigenvalue weighted by molar-refractivity contribution is 9.10. The van der Waals surface area contributed by atoms with E-state index in [9.17, 15) is 0 Å². The molecule has 3 nitrogen and oxygen atoms in total. The van der Waals surface area contributed by atoms with Gasteiger partial charge in [0.2, 0.25) is 0 Å². The number of imidazole rings is 1. The number of benzene rings is 1. The molecule has 0 radical (unpaired) electrons. The Balaban J connectivity index is 2.02. The van der Waals surface area contributed by atoms with Gasteiger partial charge in [0.1, 0.15) is 10.4 Å². The van der Waals surface area contributed by atoms with Crippen molar-refractivity contribution in [3.05, 3.63) is 46.5 Å². The van der Waals surface area contributed by atoms with Crippen LogP contribution in [0, 0.1) is 0 Å². The minimum absolute atomic E-state index is 0.899. The van der Waals surface area contributed by atoms with Gasteiger partial charge in [0.05, 0.1) is 13.4 Å². The molecule has 0 bridgehead atoms. The maximum Gasteiger partial charge on any atom is 0.127 e. The van der Waals surface area contributed by atoms with Crippen LogP contribution < -0.4 is 4.74 Å². The van der Waals surface area contributed by atoms with E-state index in [1.807, 2.05) is 12.1 Å². The van der Waals surface area contributed by atoms with Gasteiger partial charge < -0.3 is 9.72 Å². The predicted octanol–water partition coefficient (Wildman–Crippen LogP) is 2.97. The molecule has 0 aliphatic rings. The third-order valence-corrected chi connectivity index (χ3v) is 3.15. The Hall–Kier alpha value is -1.29. The zero-order valence-electron chi connectivity index (χ0n) is 9.03. The molecule has 0 aliphatic carbocycles. The van der Waals surface area contributed by atoms with Crippen molar-refractivity contribution in [2.75, 3.05) is 7.11 Å². The van der Waals surface area contributed by atoms with Crippen LogP contribution in [-0.4, -0.2) is 17.1 Å². The Morgan fingerprint density at radius 1 is 1.38 bits per heavy atom. The van der Waals surface area contributed by atoms with Crippen LogP contribution in [0.2, 0.25) is 0 Å². The van der Waals surface area contributed by atoms with Crippen molar-refractivity contribution in [2.24, 2.45) is 0 Å². The standard InChI is InChI=1S/C12H13BrN2O/c1-16-10-4-2-3-9(7-10)5-6-11-12(13)15-8-14-11/h2-4,7-8H,5-6H2,1H3,(H,14,15). The first-order valence-corrected chi connectivity index (χ1v) is 5.89. The fourth-order valence-corrected chi connectivity index (χ4v) is 1.99. The lowest BCUT2D eigenvalue weighted by Gasteiger charge is -2.03. The van der Waals surface area contributed by atoms with Crippen molar-refractivity contribution in [3.63, 3.8) is 0 Å². The second-order valence-corrected chi connectivity index (χ2v) is 4.27. The number of halogens is 1. The second-order valence-electron chi connectivity index (χ2n) is 3.52. The van der Waals surface area contributed by atoms with Gasteiger partial charge in [-0.05, 0) is 46.5 Å². The molecular formula is C12H13BrN2O. The highest BCUT2D eigenvalue weighted by Gasteiger charge is 2.03. The maximum atomic E-state index is 5.19. The van der Waals surface area contributed by atoms with Gasteiger partial charge in [-0.1, -0.05) is 12.1 Å². The maximum absolute atomic E-state index is 5.19. The van der Waals surface area contributed by atoms with Crippen molar-refractivity contribution in [1.29, 1.82) is 0 Å². The molecule has 0 fully saturated rings. The molecule has 2 rings (SSSR count). The minimum Gasteiger partial charge on any atom is -0.497 e. The lowest BCUT2D eigenvalue weighted by Crippen LogP contribution is -1.93. The van der Waals surface area contributed by atoms with E-state index in [1.165, 1.54) is 5.56 Å². The SMILES string of the molecule is COc1cccc(CCc2[nH]cnc2Br)c1. The summed E-state index contributed by atoms with van der Waals surface area (Å²) in [5.74, 6) is 0.904. The number of aromatic nitrogens is 2. The summed E-state index contributed by atoms with van der Waals surface area (Å²) in [4.78, 5) is 7.21. The number of hydrogen-bond acceptors (Lipinski definition) is 2. The van der Waals surface area contributed by atoms with E-state index in [0.717, 1.165) is 28.9 Å². The third-order valence-electron chi connectivity index (χ3n) is 2.46. The molecule has 0 unspecified atom stereocenters. The van der Waals surface area contributed by atoms with Crippen molar-refractivity contribution >= 4 is 15.9 Å². The van der Waals surface area contributed by atoms with Crippen LogP contribution in [0.15, 0.2) is 35.2 Å². The zero-order chi connectivity index (χ0) is 11.4. The van der Waals surface area contributed by atoms with E-state index >= 15 is 0 Å². The molecule has 0 spiro atoms. The number of aryl methyl sites for hydroxylation is 2. The first kappa shape index (κ1) is 11.2. The molecule has 0 saturated carbocycles. The third kappa shape index (κ3) is 2.64. The first-order chi connectivity index (χ1) is 7.79. The lowest BCUT2D eigenvalue weighted by molar-refractivity contribution is 0.414. The van der Waals surface area contributed by atoms with Crippen LogP contribution in [0.3, 0.4) is 0 Å². The quantitative estimate of drug-likeness (QED) is 0.935. The van der Waals surface area contributed by atoms with Crippen LogP contribution in [0.1, 0.15) is 11.3 Å². The number of rotatable bonds is 4. The summed E-state index contributed by atoms with van der Waals surface area (Å²) in [6.45, 7) is 0. The van der Waals surface area contributed by atoms with Gasteiger partial charge >= 0.3 is 0 Å². The number of hydrogen-bond donors (Lipinski definition) is 1. The van der Waals surface area contributed by atoms with Gasteiger partial charge in [0.15, 0.2) is 0 Å². The van der Waals surface area contributed by atoms with Crippen molar-refractivity contribution in [3.8, 4) is 5.75 Å². The zero-order valence-corrected chi connectivity index (χ0v) is 10.6. The minimum atomic E-state index is 0.899. The summed E-state index contributed by atoms with van der Waals surface area (Å²) in [6, 6.07) is 8.13. The average Bonchev–Trinajstić information content (AvgIpc) is 2.72. The van der Waals surface area contributed by atoms with E-state index in [1.54, 1.807) is 13.4 Å². The van der Waals surface area contributed by atoms with Gasteiger partial charge in [0, 0.05) is 5.69 Å². The molecule has 2 aromatic rings. The first-order valence-electron chi connectivity index (χ1n) is 5.10.